The molecule has 0 spiro atoms. The number of rotatable bonds is 8. The summed E-state index contributed by atoms with van der Waals surface area (Å²) in [6, 6.07) is 15.0. The van der Waals surface area contributed by atoms with Gasteiger partial charge in [0.2, 0.25) is 0 Å². The van der Waals surface area contributed by atoms with Crippen LogP contribution in [0, 0.1) is 0 Å². The molecule has 0 aliphatic heterocycles. The van der Waals surface area contributed by atoms with Crippen LogP contribution in [0.25, 0.3) is 28.0 Å². The average Bonchev–Trinajstić information content (AvgIpc) is 3.31. The third-order valence-corrected chi connectivity index (χ3v) is 13.6. The Kier molecular flexibility index (Phi) is 8.50. The number of phenolic OH excluding ortho intramolecular Hbond substituents is 1. The minimum Gasteiger partial charge on any atom is -0.598 e. The van der Waals surface area contributed by atoms with Gasteiger partial charge in [-0.25, -0.2) is 9.67 Å². The van der Waals surface area contributed by atoms with Crippen molar-refractivity contribution in [2.75, 3.05) is 0 Å². The number of phenols is 1. The zero-order valence-electron chi connectivity index (χ0n) is 24.9. The summed E-state index contributed by atoms with van der Waals surface area (Å²) >= 11 is -1.23. The Morgan fingerprint density at radius 2 is 1.75 bits per heavy atom. The standard InChI is InChI=1S/C30H41N5O3SSi/c1-20(34-39(37)29(2,3)4)24-13-11-14-25(33-24)21-16-26-23(27(36)17-21)18-31-35(26)28-15-10-12-22(32-28)19-38-40(8,9)30(5,6)7/h10-18,20,34,36H,19H2,1-9H3/t20-,39?/m0/s1. The van der Waals surface area contributed by atoms with Gasteiger partial charge >= 0.3 is 0 Å². The summed E-state index contributed by atoms with van der Waals surface area (Å²) in [6.07, 6.45) is 1.65. The molecule has 0 aliphatic carbocycles. The van der Waals surface area contributed by atoms with E-state index in [1.54, 1.807) is 16.9 Å². The van der Waals surface area contributed by atoms with E-state index in [1.165, 1.54) is 0 Å². The zero-order chi connectivity index (χ0) is 29.5. The second-order valence-corrected chi connectivity index (χ2v) is 19.5. The van der Waals surface area contributed by atoms with E-state index in [1.807, 2.05) is 70.2 Å². The Morgan fingerprint density at radius 1 is 1.05 bits per heavy atom. The van der Waals surface area contributed by atoms with Crippen LogP contribution in [0.2, 0.25) is 18.1 Å². The molecule has 0 saturated heterocycles. The third-order valence-electron chi connectivity index (χ3n) is 7.41. The van der Waals surface area contributed by atoms with Crippen molar-refractivity contribution in [1.82, 2.24) is 24.5 Å². The van der Waals surface area contributed by atoms with E-state index in [-0.39, 0.29) is 21.6 Å². The van der Waals surface area contributed by atoms with E-state index in [0.29, 0.717) is 23.5 Å². The summed E-state index contributed by atoms with van der Waals surface area (Å²) in [5, 5.41) is 16.2. The molecule has 40 heavy (non-hydrogen) atoms. The zero-order valence-corrected chi connectivity index (χ0v) is 26.8. The Hall–Kier alpha value is -2.76. The minimum absolute atomic E-state index is 0.111. The molecule has 0 fully saturated rings. The molecule has 0 aliphatic rings. The van der Waals surface area contributed by atoms with Gasteiger partial charge in [-0.05, 0) is 82.2 Å². The number of nitrogens with one attached hydrogen (secondary N) is 1. The van der Waals surface area contributed by atoms with E-state index in [0.717, 1.165) is 22.5 Å². The fourth-order valence-electron chi connectivity index (χ4n) is 3.83. The lowest BCUT2D eigenvalue weighted by Crippen LogP contribution is -2.40. The molecule has 2 N–H and O–H groups in total. The summed E-state index contributed by atoms with van der Waals surface area (Å²) in [4.78, 5) is 9.66. The molecule has 10 heteroatoms. The van der Waals surface area contributed by atoms with Crippen LogP contribution in [-0.2, 0) is 22.4 Å². The summed E-state index contributed by atoms with van der Waals surface area (Å²) in [5.41, 5.74) is 3.75. The summed E-state index contributed by atoms with van der Waals surface area (Å²) < 4.78 is 23.5. The second-order valence-electron chi connectivity index (χ2n) is 12.7. The first-order valence-corrected chi connectivity index (χ1v) is 17.6. The summed E-state index contributed by atoms with van der Waals surface area (Å²) in [5.74, 6) is 0.760. The van der Waals surface area contributed by atoms with Gasteiger partial charge in [0.15, 0.2) is 14.1 Å². The number of fused-ring (bicyclic) bond motifs is 1. The first-order chi connectivity index (χ1) is 18.6. The van der Waals surface area contributed by atoms with Crippen molar-refractivity contribution in [3.05, 3.63) is 66.1 Å². The lowest BCUT2D eigenvalue weighted by Gasteiger charge is -2.36. The molecule has 3 aromatic heterocycles. The molecule has 0 bridgehead atoms. The number of hydrogen-bond donors (Lipinski definition) is 2. The predicted molar refractivity (Wildman–Crippen MR) is 165 cm³/mol. The highest BCUT2D eigenvalue weighted by Crippen LogP contribution is 2.37. The Balaban J connectivity index is 1.65. The van der Waals surface area contributed by atoms with Crippen molar-refractivity contribution in [2.24, 2.45) is 0 Å². The third kappa shape index (κ3) is 6.58. The van der Waals surface area contributed by atoms with Crippen LogP contribution >= 0.6 is 0 Å². The fourth-order valence-corrected chi connectivity index (χ4v) is 5.56. The molecule has 8 nitrogen and oxygen atoms in total. The predicted octanol–water partition coefficient (Wildman–Crippen LogP) is 6.82. The van der Waals surface area contributed by atoms with Crippen LogP contribution in [0.5, 0.6) is 5.75 Å². The Morgan fingerprint density at radius 3 is 2.42 bits per heavy atom. The quantitative estimate of drug-likeness (QED) is 0.174. The number of pyridine rings is 2. The van der Waals surface area contributed by atoms with E-state index >= 15 is 0 Å². The van der Waals surface area contributed by atoms with E-state index in [2.05, 4.69) is 43.7 Å². The molecule has 3 heterocycles. The summed E-state index contributed by atoms with van der Waals surface area (Å²) in [7, 11) is -1.92. The normalized spacial score (nSPS) is 14.4. The van der Waals surface area contributed by atoms with Gasteiger partial charge in [-0.2, -0.15) is 5.10 Å². The number of benzene rings is 1. The molecule has 4 rings (SSSR count). The minimum atomic E-state index is -1.92. The molecular weight excluding hydrogens is 539 g/mol. The first kappa shape index (κ1) is 30.2. The highest BCUT2D eigenvalue weighted by Gasteiger charge is 2.37. The van der Waals surface area contributed by atoms with Crippen molar-refractivity contribution in [3.63, 3.8) is 0 Å². The van der Waals surface area contributed by atoms with Crippen LogP contribution in [0.4, 0.5) is 0 Å². The van der Waals surface area contributed by atoms with Gasteiger partial charge < -0.3 is 14.1 Å². The van der Waals surface area contributed by atoms with Gasteiger partial charge in [-0.3, -0.25) is 4.98 Å². The largest absolute Gasteiger partial charge is 0.598 e. The van der Waals surface area contributed by atoms with Crippen molar-refractivity contribution in [3.8, 4) is 22.8 Å². The number of hydrogen-bond acceptors (Lipinski definition) is 7. The molecule has 1 aromatic carbocycles. The maximum absolute atomic E-state index is 12.6. The van der Waals surface area contributed by atoms with Crippen molar-refractivity contribution in [2.45, 2.75) is 84.0 Å². The van der Waals surface area contributed by atoms with Crippen LogP contribution in [0.1, 0.15) is 65.9 Å². The van der Waals surface area contributed by atoms with Gasteiger partial charge in [0, 0.05) is 16.9 Å². The SMILES string of the molecule is C[C@H](N[S+]([O-])C(C)(C)C)c1cccc(-c2cc(O)c3cnn(-c4cccc(CO[Si](C)(C)C(C)(C)C)n4)c3c2)n1. The lowest BCUT2D eigenvalue weighted by molar-refractivity contribution is 0.272. The van der Waals surface area contributed by atoms with E-state index in [4.69, 9.17) is 14.4 Å². The van der Waals surface area contributed by atoms with Gasteiger partial charge in [0.1, 0.15) is 10.5 Å². The van der Waals surface area contributed by atoms with Crippen LogP contribution in [0.15, 0.2) is 54.7 Å². The molecule has 0 amide bonds. The van der Waals surface area contributed by atoms with Crippen LogP contribution in [-0.4, -0.2) is 42.5 Å². The highest BCUT2D eigenvalue weighted by molar-refractivity contribution is 7.90. The fraction of sp³-hybridized carbons (Fsp3) is 0.433. The molecule has 2 atom stereocenters. The lowest BCUT2D eigenvalue weighted by atomic mass is 10.1. The highest BCUT2D eigenvalue weighted by atomic mass is 32.2. The van der Waals surface area contributed by atoms with Crippen molar-refractivity contribution in [1.29, 1.82) is 0 Å². The Bertz CT molecular complexity index is 1490. The van der Waals surface area contributed by atoms with Crippen molar-refractivity contribution < 1.29 is 14.1 Å². The van der Waals surface area contributed by atoms with Gasteiger partial charge in [-0.1, -0.05) is 32.9 Å². The second kappa shape index (κ2) is 11.3. The van der Waals surface area contributed by atoms with Gasteiger partial charge in [0.05, 0.1) is 46.8 Å². The number of aromatic nitrogens is 4. The average molecular weight is 580 g/mol. The maximum atomic E-state index is 12.6. The molecular formula is C30H41N5O3SSi. The van der Waals surface area contributed by atoms with Crippen LogP contribution in [0.3, 0.4) is 0 Å². The molecule has 0 radical (unpaired) electrons. The monoisotopic (exact) mass is 579 g/mol. The van der Waals surface area contributed by atoms with Gasteiger partial charge in [0.25, 0.3) is 0 Å². The van der Waals surface area contributed by atoms with E-state index in [9.17, 15) is 9.66 Å². The molecule has 4 aromatic rings. The molecule has 214 valence electrons. The summed E-state index contributed by atoms with van der Waals surface area (Å²) in [6.45, 7) is 19.3. The maximum Gasteiger partial charge on any atom is 0.192 e. The van der Waals surface area contributed by atoms with Crippen LogP contribution < -0.4 is 4.72 Å². The van der Waals surface area contributed by atoms with E-state index < -0.39 is 19.7 Å². The Labute approximate surface area is 241 Å². The first-order valence-electron chi connectivity index (χ1n) is 13.5. The molecule has 1 unspecified atom stereocenters. The van der Waals surface area contributed by atoms with Crippen molar-refractivity contribution >= 4 is 30.6 Å². The number of aromatic hydroxyl groups is 1. The topological polar surface area (TPSA) is 108 Å². The smallest absolute Gasteiger partial charge is 0.192 e. The molecule has 0 saturated carbocycles. The number of nitrogens with zero attached hydrogens (tertiary/aromatic N) is 4. The van der Waals surface area contributed by atoms with Gasteiger partial charge in [-0.15, -0.1) is 4.72 Å².